The van der Waals surface area contributed by atoms with Crippen LogP contribution in [0, 0.1) is 21.4 Å². The van der Waals surface area contributed by atoms with Crippen LogP contribution in [0.15, 0.2) is 18.2 Å². The molecule has 1 aromatic rings. The van der Waals surface area contributed by atoms with Crippen LogP contribution in [0.5, 0.6) is 0 Å². The predicted molar refractivity (Wildman–Crippen MR) is 73.9 cm³/mol. The number of benzene rings is 1. The summed E-state index contributed by atoms with van der Waals surface area (Å²) >= 11 is 1.51. The summed E-state index contributed by atoms with van der Waals surface area (Å²) < 4.78 is 0. The lowest BCUT2D eigenvalue weighted by molar-refractivity contribution is -0.384. The lowest BCUT2D eigenvalue weighted by Crippen LogP contribution is -2.47. The molecule has 1 N–H and O–H groups in total. The van der Waals surface area contributed by atoms with Crippen LogP contribution >= 0.6 is 11.8 Å². The summed E-state index contributed by atoms with van der Waals surface area (Å²) in [4.78, 5) is 23.3. The second kappa shape index (κ2) is 5.79. The first kappa shape index (κ1) is 14.1. The molecule has 7 nitrogen and oxygen atoms in total. The van der Waals surface area contributed by atoms with E-state index in [4.69, 9.17) is 5.26 Å². The van der Waals surface area contributed by atoms with Crippen LogP contribution in [0.1, 0.15) is 5.56 Å². The lowest BCUT2D eigenvalue weighted by atomic mass is 10.1. The van der Waals surface area contributed by atoms with Crippen LogP contribution in [-0.2, 0) is 4.79 Å². The number of hydrogen-bond acceptors (Lipinski definition) is 6. The molecule has 20 heavy (non-hydrogen) atoms. The van der Waals surface area contributed by atoms with Gasteiger partial charge in [-0.3, -0.25) is 10.1 Å². The van der Waals surface area contributed by atoms with Gasteiger partial charge >= 0.3 is 5.97 Å². The van der Waals surface area contributed by atoms with Gasteiger partial charge < -0.3 is 10.0 Å². The summed E-state index contributed by atoms with van der Waals surface area (Å²) in [6.07, 6.45) is 0. The molecule has 0 aromatic heterocycles. The summed E-state index contributed by atoms with van der Waals surface area (Å²) in [6.45, 7) is 0.425. The van der Waals surface area contributed by atoms with E-state index in [0.717, 1.165) is 0 Å². The number of nitrogens with zero attached hydrogens (tertiary/aromatic N) is 3. The average Bonchev–Trinajstić information content (AvgIpc) is 2.46. The van der Waals surface area contributed by atoms with E-state index >= 15 is 0 Å². The quantitative estimate of drug-likeness (QED) is 0.664. The molecule has 1 saturated heterocycles. The molecule has 1 aliphatic rings. The van der Waals surface area contributed by atoms with Crippen LogP contribution in [0.2, 0.25) is 0 Å². The number of hydrogen-bond donors (Lipinski definition) is 1. The molecule has 0 saturated carbocycles. The van der Waals surface area contributed by atoms with Crippen LogP contribution in [0.25, 0.3) is 0 Å². The van der Waals surface area contributed by atoms with Gasteiger partial charge in [-0.05, 0) is 12.1 Å². The number of aliphatic carboxylic acids is 1. The van der Waals surface area contributed by atoms with Gasteiger partial charge in [-0.2, -0.15) is 17.0 Å². The Morgan fingerprint density at radius 2 is 2.35 bits per heavy atom. The number of rotatable bonds is 3. The molecule has 1 unspecified atom stereocenters. The highest BCUT2D eigenvalue weighted by molar-refractivity contribution is 7.99. The third-order valence-electron chi connectivity index (χ3n) is 3.02. The summed E-state index contributed by atoms with van der Waals surface area (Å²) in [5.74, 6) is 0.0869. The number of anilines is 1. The number of thioether (sulfide) groups is 1. The van der Waals surface area contributed by atoms with E-state index in [0.29, 0.717) is 18.1 Å². The van der Waals surface area contributed by atoms with E-state index in [-0.39, 0.29) is 16.9 Å². The first-order valence-electron chi connectivity index (χ1n) is 5.80. The second-order valence-electron chi connectivity index (χ2n) is 4.19. The minimum atomic E-state index is -1.00. The fourth-order valence-electron chi connectivity index (χ4n) is 2.08. The average molecular weight is 293 g/mol. The van der Waals surface area contributed by atoms with Crippen molar-refractivity contribution in [3.05, 3.63) is 33.9 Å². The maximum Gasteiger partial charge on any atom is 0.327 e. The van der Waals surface area contributed by atoms with Crippen molar-refractivity contribution in [1.29, 1.82) is 5.26 Å². The molecule has 8 heteroatoms. The molecular formula is C12H11N3O4S. The molecular weight excluding hydrogens is 282 g/mol. The van der Waals surface area contributed by atoms with Gasteiger partial charge in [0.2, 0.25) is 0 Å². The first-order chi connectivity index (χ1) is 9.54. The van der Waals surface area contributed by atoms with Crippen LogP contribution in [0.3, 0.4) is 0 Å². The Morgan fingerprint density at radius 1 is 1.60 bits per heavy atom. The van der Waals surface area contributed by atoms with E-state index in [1.54, 1.807) is 0 Å². The number of nitro benzene ring substituents is 1. The van der Waals surface area contributed by atoms with E-state index < -0.39 is 16.9 Å². The van der Waals surface area contributed by atoms with Gasteiger partial charge in [-0.15, -0.1) is 0 Å². The topological polar surface area (TPSA) is 107 Å². The van der Waals surface area contributed by atoms with Gasteiger partial charge in [-0.25, -0.2) is 4.79 Å². The molecule has 0 bridgehead atoms. The molecule has 1 heterocycles. The van der Waals surface area contributed by atoms with Crippen LogP contribution in [-0.4, -0.2) is 40.1 Å². The molecule has 2 rings (SSSR count). The smallest absolute Gasteiger partial charge is 0.327 e. The fourth-order valence-corrected chi connectivity index (χ4v) is 3.12. The molecule has 1 atom stereocenters. The second-order valence-corrected chi connectivity index (χ2v) is 5.34. The Morgan fingerprint density at radius 3 is 2.95 bits per heavy atom. The molecule has 1 aromatic carbocycles. The van der Waals surface area contributed by atoms with Crippen molar-refractivity contribution in [3.63, 3.8) is 0 Å². The first-order valence-corrected chi connectivity index (χ1v) is 6.96. The standard InChI is InChI=1S/C12H11N3O4S/c13-6-8-1-2-9(10(5-8)15(18)19)14-3-4-20-7-11(14)12(16)17/h1-2,5,11H,3-4,7H2,(H,16,17). The Balaban J connectivity index is 2.47. The number of nitriles is 1. The van der Waals surface area contributed by atoms with Gasteiger partial charge in [0.25, 0.3) is 5.69 Å². The van der Waals surface area contributed by atoms with Crippen molar-refractivity contribution in [2.75, 3.05) is 23.0 Å². The van der Waals surface area contributed by atoms with Gasteiger partial charge in [0, 0.05) is 24.1 Å². The minimum Gasteiger partial charge on any atom is -0.480 e. The van der Waals surface area contributed by atoms with Crippen LogP contribution < -0.4 is 4.90 Å². The van der Waals surface area contributed by atoms with Crippen molar-refractivity contribution < 1.29 is 14.8 Å². The highest BCUT2D eigenvalue weighted by Gasteiger charge is 2.32. The van der Waals surface area contributed by atoms with Gasteiger partial charge in [0.1, 0.15) is 11.7 Å². The zero-order valence-corrected chi connectivity index (χ0v) is 11.2. The highest BCUT2D eigenvalue weighted by Crippen LogP contribution is 2.33. The van der Waals surface area contributed by atoms with Crippen molar-refractivity contribution in [2.45, 2.75) is 6.04 Å². The molecule has 1 fully saturated rings. The van der Waals surface area contributed by atoms with E-state index in [1.165, 1.54) is 34.9 Å². The molecule has 0 amide bonds. The maximum absolute atomic E-state index is 11.3. The van der Waals surface area contributed by atoms with Crippen LogP contribution in [0.4, 0.5) is 11.4 Å². The summed E-state index contributed by atoms with van der Waals surface area (Å²) in [5, 5.41) is 29.2. The molecule has 104 valence electrons. The van der Waals surface area contributed by atoms with Crippen molar-refractivity contribution in [2.24, 2.45) is 0 Å². The highest BCUT2D eigenvalue weighted by atomic mass is 32.2. The zero-order chi connectivity index (χ0) is 14.7. The Labute approximate surface area is 118 Å². The van der Waals surface area contributed by atoms with Gasteiger partial charge in [0.15, 0.2) is 0 Å². The van der Waals surface area contributed by atoms with Crippen molar-refractivity contribution >= 4 is 29.1 Å². The zero-order valence-electron chi connectivity index (χ0n) is 10.4. The number of carboxylic acid groups (broad SMARTS) is 1. The minimum absolute atomic E-state index is 0.179. The molecule has 0 spiro atoms. The van der Waals surface area contributed by atoms with E-state index in [1.807, 2.05) is 6.07 Å². The summed E-state index contributed by atoms with van der Waals surface area (Å²) in [7, 11) is 0. The SMILES string of the molecule is N#Cc1ccc(N2CCSCC2C(=O)O)c([N+](=O)[O-])c1. The maximum atomic E-state index is 11.3. The summed E-state index contributed by atoms with van der Waals surface area (Å²) in [5.41, 5.74) is 0.197. The lowest BCUT2D eigenvalue weighted by Gasteiger charge is -2.34. The third kappa shape index (κ3) is 2.67. The number of carboxylic acids is 1. The predicted octanol–water partition coefficient (Wildman–Crippen LogP) is 1.47. The molecule has 0 radical (unpaired) electrons. The third-order valence-corrected chi connectivity index (χ3v) is 4.05. The molecule has 0 aliphatic carbocycles. The Bertz CT molecular complexity index is 599. The van der Waals surface area contributed by atoms with Crippen molar-refractivity contribution in [3.8, 4) is 6.07 Å². The number of carbonyl (C=O) groups is 1. The van der Waals surface area contributed by atoms with E-state index in [2.05, 4.69) is 0 Å². The fraction of sp³-hybridized carbons (Fsp3) is 0.333. The largest absolute Gasteiger partial charge is 0.480 e. The van der Waals surface area contributed by atoms with Gasteiger partial charge in [0.05, 0.1) is 16.6 Å². The Kier molecular flexibility index (Phi) is 4.10. The normalized spacial score (nSPS) is 18.4. The summed E-state index contributed by atoms with van der Waals surface area (Å²) in [6, 6.07) is 5.14. The van der Waals surface area contributed by atoms with Gasteiger partial charge in [-0.1, -0.05) is 0 Å². The van der Waals surface area contributed by atoms with Crippen molar-refractivity contribution in [1.82, 2.24) is 0 Å². The van der Waals surface area contributed by atoms with E-state index in [9.17, 15) is 20.0 Å². The number of nitro groups is 1. The Hall–Kier alpha value is -2.27. The monoisotopic (exact) mass is 293 g/mol. The molecule has 1 aliphatic heterocycles.